The second-order valence-electron chi connectivity index (χ2n) is 7.32. The SMILES string of the molecule is Cc1cc(Cc2cccc(O)c2C2CCCCC2)c(CO)c(C)c1O. The van der Waals surface area contributed by atoms with Gasteiger partial charge in [0.15, 0.2) is 0 Å². The Morgan fingerprint density at radius 2 is 1.72 bits per heavy atom. The quantitative estimate of drug-likeness (QED) is 0.746. The molecule has 3 nitrogen and oxygen atoms in total. The fourth-order valence-corrected chi connectivity index (χ4v) is 4.30. The van der Waals surface area contributed by atoms with Crippen molar-refractivity contribution in [2.45, 2.75) is 64.9 Å². The average molecular weight is 340 g/mol. The van der Waals surface area contributed by atoms with Crippen LogP contribution in [0.15, 0.2) is 24.3 Å². The van der Waals surface area contributed by atoms with Gasteiger partial charge in [-0.1, -0.05) is 37.5 Å². The summed E-state index contributed by atoms with van der Waals surface area (Å²) in [5.74, 6) is 1.07. The van der Waals surface area contributed by atoms with E-state index < -0.39 is 0 Å². The second-order valence-corrected chi connectivity index (χ2v) is 7.32. The minimum atomic E-state index is -0.0907. The highest BCUT2D eigenvalue weighted by Crippen LogP contribution is 2.40. The van der Waals surface area contributed by atoms with Crippen LogP contribution < -0.4 is 0 Å². The molecular weight excluding hydrogens is 312 g/mol. The Hall–Kier alpha value is -2.00. The summed E-state index contributed by atoms with van der Waals surface area (Å²) < 4.78 is 0. The summed E-state index contributed by atoms with van der Waals surface area (Å²) in [6, 6.07) is 7.73. The fraction of sp³-hybridized carbons (Fsp3) is 0.455. The van der Waals surface area contributed by atoms with Gasteiger partial charge in [-0.2, -0.15) is 0 Å². The zero-order valence-corrected chi connectivity index (χ0v) is 15.2. The summed E-state index contributed by atoms with van der Waals surface area (Å²) in [5.41, 5.74) is 5.60. The van der Waals surface area contributed by atoms with Gasteiger partial charge in [-0.05, 0) is 72.9 Å². The van der Waals surface area contributed by atoms with E-state index in [0.717, 1.165) is 46.2 Å². The summed E-state index contributed by atoms with van der Waals surface area (Å²) in [6.45, 7) is 3.64. The fourth-order valence-electron chi connectivity index (χ4n) is 4.30. The first-order chi connectivity index (χ1) is 12.0. The molecule has 1 aliphatic rings. The number of aliphatic hydroxyl groups is 1. The van der Waals surface area contributed by atoms with Crippen molar-refractivity contribution in [2.24, 2.45) is 0 Å². The number of phenolic OH excluding ortho intramolecular Hbond substituents is 2. The third kappa shape index (κ3) is 3.52. The van der Waals surface area contributed by atoms with E-state index in [-0.39, 0.29) is 12.4 Å². The summed E-state index contributed by atoms with van der Waals surface area (Å²) in [6.07, 6.45) is 6.65. The normalized spacial score (nSPS) is 15.5. The van der Waals surface area contributed by atoms with Crippen molar-refractivity contribution in [3.05, 3.63) is 57.6 Å². The van der Waals surface area contributed by atoms with Gasteiger partial charge < -0.3 is 15.3 Å². The third-order valence-electron chi connectivity index (χ3n) is 5.69. The van der Waals surface area contributed by atoms with E-state index in [2.05, 4.69) is 6.07 Å². The molecule has 3 N–H and O–H groups in total. The molecule has 0 heterocycles. The van der Waals surface area contributed by atoms with E-state index in [0.29, 0.717) is 18.1 Å². The van der Waals surface area contributed by atoms with Gasteiger partial charge in [0.2, 0.25) is 0 Å². The standard InChI is InChI=1S/C22H28O3/c1-14-11-18(19(13-23)15(2)22(14)25)12-17-9-6-10-20(24)21(17)16-7-4-3-5-8-16/h6,9-11,16,23-25H,3-5,7-8,12-13H2,1-2H3. The number of benzene rings is 2. The molecule has 0 saturated heterocycles. The van der Waals surface area contributed by atoms with Crippen LogP contribution in [0.25, 0.3) is 0 Å². The van der Waals surface area contributed by atoms with Crippen LogP contribution in [-0.4, -0.2) is 15.3 Å². The van der Waals surface area contributed by atoms with E-state index in [4.69, 9.17) is 0 Å². The van der Waals surface area contributed by atoms with Crippen molar-refractivity contribution >= 4 is 0 Å². The zero-order chi connectivity index (χ0) is 18.0. The molecule has 25 heavy (non-hydrogen) atoms. The number of aromatic hydroxyl groups is 2. The maximum Gasteiger partial charge on any atom is 0.121 e. The van der Waals surface area contributed by atoms with E-state index in [9.17, 15) is 15.3 Å². The van der Waals surface area contributed by atoms with Crippen LogP contribution in [0.2, 0.25) is 0 Å². The first-order valence-electron chi connectivity index (χ1n) is 9.25. The summed E-state index contributed by atoms with van der Waals surface area (Å²) in [4.78, 5) is 0. The molecule has 0 radical (unpaired) electrons. The lowest BCUT2D eigenvalue weighted by Gasteiger charge is -2.26. The predicted octanol–water partition coefficient (Wildman–Crippen LogP) is 4.85. The van der Waals surface area contributed by atoms with Crippen LogP contribution in [0.5, 0.6) is 11.5 Å². The van der Waals surface area contributed by atoms with Gasteiger partial charge in [-0.15, -0.1) is 0 Å². The number of rotatable bonds is 4. The van der Waals surface area contributed by atoms with Crippen molar-refractivity contribution in [3.63, 3.8) is 0 Å². The molecule has 2 aromatic rings. The molecule has 134 valence electrons. The Balaban J connectivity index is 2.03. The topological polar surface area (TPSA) is 60.7 Å². The predicted molar refractivity (Wildman–Crippen MR) is 100 cm³/mol. The van der Waals surface area contributed by atoms with Gasteiger partial charge in [0, 0.05) is 5.56 Å². The number of phenols is 2. The minimum absolute atomic E-state index is 0.0907. The zero-order valence-electron chi connectivity index (χ0n) is 15.2. The molecule has 3 rings (SSSR count). The molecule has 1 saturated carbocycles. The van der Waals surface area contributed by atoms with Crippen LogP contribution >= 0.6 is 0 Å². The Morgan fingerprint density at radius 3 is 2.40 bits per heavy atom. The van der Waals surface area contributed by atoms with Gasteiger partial charge in [-0.3, -0.25) is 0 Å². The summed E-state index contributed by atoms with van der Waals surface area (Å²) in [5, 5.41) is 30.5. The van der Waals surface area contributed by atoms with Crippen LogP contribution in [-0.2, 0) is 13.0 Å². The molecule has 1 fully saturated rings. The van der Waals surface area contributed by atoms with Crippen LogP contribution in [0, 0.1) is 13.8 Å². The molecule has 2 aromatic carbocycles. The first kappa shape index (κ1) is 17.8. The van der Waals surface area contributed by atoms with Gasteiger partial charge >= 0.3 is 0 Å². The molecule has 0 aromatic heterocycles. The molecule has 0 bridgehead atoms. The molecule has 0 atom stereocenters. The Kier molecular flexibility index (Phi) is 5.33. The van der Waals surface area contributed by atoms with Crippen LogP contribution in [0.1, 0.15) is 71.4 Å². The third-order valence-corrected chi connectivity index (χ3v) is 5.69. The smallest absolute Gasteiger partial charge is 0.121 e. The molecule has 0 aliphatic heterocycles. The monoisotopic (exact) mass is 340 g/mol. The average Bonchev–Trinajstić information content (AvgIpc) is 2.61. The van der Waals surface area contributed by atoms with Gasteiger partial charge in [-0.25, -0.2) is 0 Å². The van der Waals surface area contributed by atoms with Gasteiger partial charge in [0.25, 0.3) is 0 Å². The Morgan fingerprint density at radius 1 is 1.00 bits per heavy atom. The summed E-state index contributed by atoms with van der Waals surface area (Å²) >= 11 is 0. The lowest BCUT2D eigenvalue weighted by molar-refractivity contribution is 0.279. The van der Waals surface area contributed by atoms with Crippen molar-refractivity contribution in [3.8, 4) is 11.5 Å². The first-order valence-corrected chi connectivity index (χ1v) is 9.25. The lowest BCUT2D eigenvalue weighted by atomic mass is 9.80. The molecule has 0 spiro atoms. The van der Waals surface area contributed by atoms with E-state index in [1.165, 1.54) is 19.3 Å². The maximum atomic E-state index is 10.5. The minimum Gasteiger partial charge on any atom is -0.508 e. The van der Waals surface area contributed by atoms with Crippen molar-refractivity contribution in [1.82, 2.24) is 0 Å². The summed E-state index contributed by atoms with van der Waals surface area (Å²) in [7, 11) is 0. The Bertz CT molecular complexity index is 758. The highest BCUT2D eigenvalue weighted by molar-refractivity contribution is 5.51. The highest BCUT2D eigenvalue weighted by atomic mass is 16.3. The van der Waals surface area contributed by atoms with E-state index in [1.807, 2.05) is 26.0 Å². The van der Waals surface area contributed by atoms with E-state index >= 15 is 0 Å². The number of aliphatic hydroxyl groups excluding tert-OH is 1. The van der Waals surface area contributed by atoms with Gasteiger partial charge in [0.1, 0.15) is 11.5 Å². The molecule has 0 amide bonds. The van der Waals surface area contributed by atoms with Crippen molar-refractivity contribution in [2.75, 3.05) is 0 Å². The number of hydrogen-bond acceptors (Lipinski definition) is 3. The Labute approximate surface area is 150 Å². The molecule has 1 aliphatic carbocycles. The number of aryl methyl sites for hydroxylation is 1. The number of hydrogen-bond donors (Lipinski definition) is 3. The van der Waals surface area contributed by atoms with Crippen LogP contribution in [0.3, 0.4) is 0 Å². The molecule has 0 unspecified atom stereocenters. The largest absolute Gasteiger partial charge is 0.508 e. The lowest BCUT2D eigenvalue weighted by Crippen LogP contribution is -2.09. The van der Waals surface area contributed by atoms with Gasteiger partial charge in [0.05, 0.1) is 6.61 Å². The van der Waals surface area contributed by atoms with Crippen molar-refractivity contribution < 1.29 is 15.3 Å². The second kappa shape index (κ2) is 7.49. The van der Waals surface area contributed by atoms with E-state index in [1.54, 1.807) is 6.07 Å². The molecule has 3 heteroatoms. The van der Waals surface area contributed by atoms with Crippen molar-refractivity contribution in [1.29, 1.82) is 0 Å². The van der Waals surface area contributed by atoms with Crippen LogP contribution in [0.4, 0.5) is 0 Å². The highest BCUT2D eigenvalue weighted by Gasteiger charge is 2.22. The maximum absolute atomic E-state index is 10.5. The molecular formula is C22H28O3.